The number of hydrogen-bond donors (Lipinski definition) is 2. The van der Waals surface area contributed by atoms with Crippen LogP contribution in [0.25, 0.3) is 0 Å². The second kappa shape index (κ2) is 7.04. The zero-order chi connectivity index (χ0) is 13.7. The lowest BCUT2D eigenvalue weighted by molar-refractivity contribution is -0.122. The molecule has 0 aliphatic heterocycles. The Morgan fingerprint density at radius 1 is 1.39 bits per heavy atom. The van der Waals surface area contributed by atoms with Crippen molar-refractivity contribution in [1.29, 1.82) is 0 Å². The van der Waals surface area contributed by atoms with Crippen LogP contribution in [0.5, 0.6) is 5.75 Å². The van der Waals surface area contributed by atoms with Gasteiger partial charge in [0, 0.05) is 5.02 Å². The van der Waals surface area contributed by atoms with Gasteiger partial charge in [-0.25, -0.2) is 0 Å². The van der Waals surface area contributed by atoms with Crippen LogP contribution in [0.1, 0.15) is 6.92 Å². The molecular weight excluding hydrogens is 298 g/mol. The predicted molar refractivity (Wildman–Crippen MR) is 73.6 cm³/mol. The average molecular weight is 312 g/mol. The minimum atomic E-state index is -0.548. The van der Waals surface area contributed by atoms with Crippen LogP contribution in [0.15, 0.2) is 12.1 Å². The molecule has 1 aromatic rings. The first kappa shape index (κ1) is 15.4. The lowest BCUT2D eigenvalue weighted by atomic mass is 10.3. The van der Waals surface area contributed by atoms with E-state index in [4.69, 9.17) is 45.3 Å². The van der Waals surface area contributed by atoms with Gasteiger partial charge in [-0.3, -0.25) is 4.79 Å². The van der Waals surface area contributed by atoms with E-state index in [1.807, 2.05) is 0 Å². The maximum absolute atomic E-state index is 11.2. The third kappa shape index (κ3) is 4.53. The van der Waals surface area contributed by atoms with E-state index in [1.54, 1.807) is 6.92 Å². The van der Waals surface area contributed by atoms with Crippen molar-refractivity contribution in [3.05, 3.63) is 27.2 Å². The van der Waals surface area contributed by atoms with Crippen molar-refractivity contribution in [2.24, 2.45) is 5.73 Å². The molecule has 1 rings (SSSR count). The van der Waals surface area contributed by atoms with Crippen molar-refractivity contribution < 1.29 is 9.53 Å². The molecule has 1 amide bonds. The monoisotopic (exact) mass is 310 g/mol. The van der Waals surface area contributed by atoms with Gasteiger partial charge in [0.25, 0.3) is 0 Å². The number of nitrogens with two attached hydrogens (primary N) is 1. The first-order chi connectivity index (χ1) is 8.41. The fourth-order valence-electron chi connectivity index (χ4n) is 1.16. The molecule has 0 spiro atoms. The number of amides is 1. The summed E-state index contributed by atoms with van der Waals surface area (Å²) >= 11 is 17.6. The number of carbonyl (C=O) groups is 1. The highest BCUT2D eigenvalue weighted by molar-refractivity contribution is 6.40. The van der Waals surface area contributed by atoms with Crippen molar-refractivity contribution in [1.82, 2.24) is 5.32 Å². The smallest absolute Gasteiger partial charge is 0.236 e. The van der Waals surface area contributed by atoms with Crippen LogP contribution in [0.3, 0.4) is 0 Å². The van der Waals surface area contributed by atoms with Gasteiger partial charge < -0.3 is 15.8 Å². The van der Waals surface area contributed by atoms with Crippen molar-refractivity contribution in [3.8, 4) is 5.75 Å². The summed E-state index contributed by atoms with van der Waals surface area (Å²) in [6.45, 7) is 2.15. The third-order valence-corrected chi connectivity index (χ3v) is 2.80. The van der Waals surface area contributed by atoms with Crippen LogP contribution in [0, 0.1) is 0 Å². The maximum Gasteiger partial charge on any atom is 0.236 e. The molecule has 0 saturated heterocycles. The summed E-state index contributed by atoms with van der Waals surface area (Å²) in [6.07, 6.45) is 0. The summed E-state index contributed by atoms with van der Waals surface area (Å²) in [5.41, 5.74) is 5.38. The molecule has 0 aromatic heterocycles. The zero-order valence-corrected chi connectivity index (χ0v) is 11.9. The molecule has 0 fully saturated rings. The molecule has 100 valence electrons. The van der Waals surface area contributed by atoms with E-state index in [-0.39, 0.29) is 12.5 Å². The molecular formula is C11H13Cl3N2O2. The predicted octanol–water partition coefficient (Wildman–Crippen LogP) is 2.49. The van der Waals surface area contributed by atoms with Gasteiger partial charge in [-0.1, -0.05) is 34.8 Å². The van der Waals surface area contributed by atoms with Gasteiger partial charge in [0.1, 0.15) is 6.61 Å². The Bertz CT molecular complexity index is 415. The minimum Gasteiger partial charge on any atom is -0.489 e. The normalized spacial score (nSPS) is 12.1. The third-order valence-electron chi connectivity index (χ3n) is 2.02. The van der Waals surface area contributed by atoms with Gasteiger partial charge in [0.15, 0.2) is 5.75 Å². The van der Waals surface area contributed by atoms with Crippen LogP contribution in [-0.2, 0) is 4.79 Å². The number of hydrogen-bond acceptors (Lipinski definition) is 3. The Labute approximate surface area is 120 Å². The topological polar surface area (TPSA) is 64.4 Å². The Hall–Kier alpha value is -0.680. The molecule has 0 bridgehead atoms. The molecule has 0 aliphatic carbocycles. The Morgan fingerprint density at radius 3 is 2.44 bits per heavy atom. The summed E-state index contributed by atoms with van der Waals surface area (Å²) in [5, 5.41) is 3.68. The number of ether oxygens (including phenoxy) is 1. The first-order valence-electron chi connectivity index (χ1n) is 5.22. The van der Waals surface area contributed by atoms with Gasteiger partial charge in [-0.05, 0) is 19.1 Å². The SMILES string of the molecule is C[C@@H](N)C(=O)NCCOc1c(Cl)cc(Cl)cc1Cl. The highest BCUT2D eigenvalue weighted by Crippen LogP contribution is 2.35. The van der Waals surface area contributed by atoms with Gasteiger partial charge in [-0.15, -0.1) is 0 Å². The fraction of sp³-hybridized carbons (Fsp3) is 0.364. The van der Waals surface area contributed by atoms with E-state index in [0.29, 0.717) is 27.4 Å². The Kier molecular flexibility index (Phi) is 6.02. The summed E-state index contributed by atoms with van der Waals surface area (Å²) in [7, 11) is 0. The number of rotatable bonds is 5. The van der Waals surface area contributed by atoms with Crippen LogP contribution in [-0.4, -0.2) is 25.1 Å². The second-order valence-electron chi connectivity index (χ2n) is 3.63. The van der Waals surface area contributed by atoms with Crippen molar-refractivity contribution in [2.45, 2.75) is 13.0 Å². The van der Waals surface area contributed by atoms with E-state index in [9.17, 15) is 4.79 Å². The maximum atomic E-state index is 11.2. The van der Waals surface area contributed by atoms with Crippen LogP contribution >= 0.6 is 34.8 Å². The van der Waals surface area contributed by atoms with Gasteiger partial charge >= 0.3 is 0 Å². The Morgan fingerprint density at radius 2 is 1.94 bits per heavy atom. The highest BCUT2D eigenvalue weighted by atomic mass is 35.5. The molecule has 3 N–H and O–H groups in total. The molecule has 0 heterocycles. The van der Waals surface area contributed by atoms with E-state index >= 15 is 0 Å². The van der Waals surface area contributed by atoms with Gasteiger partial charge in [-0.2, -0.15) is 0 Å². The lowest BCUT2D eigenvalue weighted by Crippen LogP contribution is -2.40. The lowest BCUT2D eigenvalue weighted by Gasteiger charge is -2.11. The van der Waals surface area contributed by atoms with Crippen molar-refractivity contribution >= 4 is 40.7 Å². The first-order valence-corrected chi connectivity index (χ1v) is 6.36. The van der Waals surface area contributed by atoms with E-state index in [1.165, 1.54) is 12.1 Å². The molecule has 0 radical (unpaired) electrons. The van der Waals surface area contributed by atoms with Gasteiger partial charge in [0.2, 0.25) is 5.91 Å². The number of benzene rings is 1. The summed E-state index contributed by atoms with van der Waals surface area (Å²) in [4.78, 5) is 11.2. The number of carbonyl (C=O) groups excluding carboxylic acids is 1. The van der Waals surface area contributed by atoms with Crippen LogP contribution in [0.4, 0.5) is 0 Å². The van der Waals surface area contributed by atoms with Crippen molar-refractivity contribution in [2.75, 3.05) is 13.2 Å². The van der Waals surface area contributed by atoms with E-state index in [2.05, 4.69) is 5.32 Å². The molecule has 1 aromatic carbocycles. The summed E-state index contributed by atoms with van der Waals surface area (Å²) < 4.78 is 5.37. The standard InChI is InChI=1S/C11H13Cl3N2O2/c1-6(15)11(17)16-2-3-18-10-8(13)4-7(12)5-9(10)14/h4-6H,2-3,15H2,1H3,(H,16,17)/t6-/m1/s1. The molecule has 0 aliphatic rings. The molecule has 4 nitrogen and oxygen atoms in total. The van der Waals surface area contributed by atoms with Crippen molar-refractivity contribution in [3.63, 3.8) is 0 Å². The average Bonchev–Trinajstić information content (AvgIpc) is 2.26. The zero-order valence-electron chi connectivity index (χ0n) is 9.67. The Balaban J connectivity index is 2.47. The summed E-state index contributed by atoms with van der Waals surface area (Å²) in [6, 6.07) is 2.52. The fourth-order valence-corrected chi connectivity index (χ4v) is 2.08. The number of halogens is 3. The molecule has 1 atom stereocenters. The van der Waals surface area contributed by atoms with Crippen LogP contribution < -0.4 is 15.8 Å². The minimum absolute atomic E-state index is 0.236. The summed E-state index contributed by atoms with van der Waals surface area (Å²) in [5.74, 6) is 0.102. The largest absolute Gasteiger partial charge is 0.489 e. The molecule has 0 saturated carbocycles. The van der Waals surface area contributed by atoms with E-state index in [0.717, 1.165) is 0 Å². The molecule has 7 heteroatoms. The van der Waals surface area contributed by atoms with Crippen LogP contribution in [0.2, 0.25) is 15.1 Å². The quantitative estimate of drug-likeness (QED) is 0.821. The number of nitrogens with one attached hydrogen (secondary N) is 1. The van der Waals surface area contributed by atoms with Gasteiger partial charge in [0.05, 0.1) is 22.6 Å². The molecule has 0 unspecified atom stereocenters. The molecule has 18 heavy (non-hydrogen) atoms. The van der Waals surface area contributed by atoms with E-state index < -0.39 is 6.04 Å². The highest BCUT2D eigenvalue weighted by Gasteiger charge is 2.10. The second-order valence-corrected chi connectivity index (χ2v) is 4.88.